The van der Waals surface area contributed by atoms with Gasteiger partial charge in [-0.15, -0.1) is 0 Å². The topological polar surface area (TPSA) is 69.7 Å². The average molecular weight is 410 g/mol. The monoisotopic (exact) mass is 409 g/mol. The van der Waals surface area contributed by atoms with E-state index >= 15 is 0 Å². The fourth-order valence-corrected chi connectivity index (χ4v) is 4.10. The van der Waals surface area contributed by atoms with Crippen molar-refractivity contribution < 1.29 is 18.8 Å². The largest absolute Gasteiger partial charge is 0.352 e. The molecule has 1 N–H and O–H groups in total. The van der Waals surface area contributed by atoms with Crippen molar-refractivity contribution in [3.63, 3.8) is 0 Å². The van der Waals surface area contributed by atoms with Crippen molar-refractivity contribution in [1.82, 2.24) is 15.1 Å². The van der Waals surface area contributed by atoms with Crippen molar-refractivity contribution in [2.24, 2.45) is 5.92 Å². The summed E-state index contributed by atoms with van der Waals surface area (Å²) in [5, 5.41) is 3.00. The molecule has 2 fully saturated rings. The smallest absolute Gasteiger partial charge is 0.312 e. The van der Waals surface area contributed by atoms with E-state index in [1.165, 1.54) is 23.1 Å². The Morgan fingerprint density at radius 1 is 1.25 bits per heavy atom. The highest BCUT2D eigenvalue weighted by Gasteiger charge is 2.38. The summed E-state index contributed by atoms with van der Waals surface area (Å²) in [6.07, 6.45) is 4.12. The van der Waals surface area contributed by atoms with E-state index in [1.807, 2.05) is 0 Å². The molecule has 1 aromatic carbocycles. The lowest BCUT2D eigenvalue weighted by Gasteiger charge is -2.37. The Morgan fingerprint density at radius 3 is 2.64 bits per heavy atom. The van der Waals surface area contributed by atoms with Gasteiger partial charge in [-0.25, -0.2) is 4.39 Å². The number of nitrogens with one attached hydrogen (secondary N) is 1. The van der Waals surface area contributed by atoms with Gasteiger partial charge >= 0.3 is 11.8 Å². The van der Waals surface area contributed by atoms with Crippen LogP contribution in [0.3, 0.4) is 0 Å². The third-order valence-corrected chi connectivity index (χ3v) is 5.87. The van der Waals surface area contributed by atoms with E-state index in [2.05, 4.69) is 5.32 Å². The molecule has 1 aliphatic carbocycles. The zero-order chi connectivity index (χ0) is 20.3. The SMILES string of the molecule is C[C@H](CN1CCN(C2CCCC2)C(=O)C1=O)C(=O)NCc1ccc(F)cc1Cl. The average Bonchev–Trinajstić information content (AvgIpc) is 3.19. The van der Waals surface area contributed by atoms with Crippen LogP contribution in [0.25, 0.3) is 0 Å². The standard InChI is InChI=1S/C20H25ClFN3O3/c1-13(18(26)23-11-14-6-7-15(22)10-17(14)21)12-24-8-9-25(20(28)19(24)27)16-4-2-3-5-16/h6-7,10,13,16H,2-5,8-9,11-12H2,1H3,(H,23,26)/t13-/m1/s1. The molecular weight excluding hydrogens is 385 g/mol. The minimum Gasteiger partial charge on any atom is -0.352 e. The Kier molecular flexibility index (Phi) is 6.54. The predicted octanol–water partition coefficient (Wildman–Crippen LogP) is 2.34. The normalized spacial score (nSPS) is 19.2. The first-order valence-corrected chi connectivity index (χ1v) is 10.1. The van der Waals surface area contributed by atoms with Gasteiger partial charge in [0.1, 0.15) is 5.82 Å². The minimum atomic E-state index is -0.528. The molecule has 1 aliphatic heterocycles. The Bertz CT molecular complexity index is 767. The molecule has 6 nitrogen and oxygen atoms in total. The Morgan fingerprint density at radius 2 is 1.96 bits per heavy atom. The molecule has 1 saturated heterocycles. The van der Waals surface area contributed by atoms with Crippen LogP contribution in [0, 0.1) is 11.7 Å². The number of benzene rings is 1. The number of carbonyl (C=O) groups is 3. The molecule has 28 heavy (non-hydrogen) atoms. The van der Waals surface area contributed by atoms with E-state index in [0.29, 0.717) is 18.7 Å². The molecule has 2 aliphatic rings. The maximum absolute atomic E-state index is 13.1. The van der Waals surface area contributed by atoms with Gasteiger partial charge in [-0.05, 0) is 30.5 Å². The molecule has 0 aromatic heterocycles. The maximum Gasteiger partial charge on any atom is 0.312 e. The van der Waals surface area contributed by atoms with Crippen LogP contribution < -0.4 is 5.32 Å². The van der Waals surface area contributed by atoms with Crippen molar-refractivity contribution in [2.45, 2.75) is 45.2 Å². The minimum absolute atomic E-state index is 0.171. The lowest BCUT2D eigenvalue weighted by Crippen LogP contribution is -2.58. The first kappa shape index (κ1) is 20.6. The lowest BCUT2D eigenvalue weighted by molar-refractivity contribution is -0.158. The van der Waals surface area contributed by atoms with Gasteiger partial charge in [0, 0.05) is 37.2 Å². The molecule has 0 radical (unpaired) electrons. The third kappa shape index (κ3) is 4.63. The summed E-state index contributed by atoms with van der Waals surface area (Å²) in [5.74, 6) is -2.15. The van der Waals surface area contributed by atoms with Gasteiger partial charge in [0.15, 0.2) is 0 Å². The second kappa shape index (κ2) is 8.90. The number of rotatable bonds is 6. The Hall–Kier alpha value is -2.15. The Balaban J connectivity index is 1.51. The first-order valence-electron chi connectivity index (χ1n) is 9.68. The maximum atomic E-state index is 13.1. The van der Waals surface area contributed by atoms with Gasteiger partial charge < -0.3 is 15.1 Å². The third-order valence-electron chi connectivity index (χ3n) is 5.52. The molecule has 3 amide bonds. The van der Waals surface area contributed by atoms with Crippen LogP contribution in [0.4, 0.5) is 4.39 Å². The summed E-state index contributed by atoms with van der Waals surface area (Å²) in [4.78, 5) is 40.4. The molecule has 1 aromatic rings. The van der Waals surface area contributed by atoms with Crippen LogP contribution >= 0.6 is 11.6 Å². The highest BCUT2D eigenvalue weighted by atomic mass is 35.5. The number of nitrogens with zero attached hydrogens (tertiary/aromatic N) is 2. The van der Waals surface area contributed by atoms with Gasteiger partial charge in [0.05, 0.1) is 5.92 Å². The summed E-state index contributed by atoms with van der Waals surface area (Å²) < 4.78 is 13.1. The van der Waals surface area contributed by atoms with E-state index in [1.54, 1.807) is 11.8 Å². The fraction of sp³-hybridized carbons (Fsp3) is 0.550. The molecule has 0 spiro atoms. The lowest BCUT2D eigenvalue weighted by atomic mass is 10.1. The molecule has 152 valence electrons. The Labute approximate surface area is 169 Å². The van der Waals surface area contributed by atoms with E-state index in [0.717, 1.165) is 25.7 Å². The van der Waals surface area contributed by atoms with Crippen LogP contribution in [0.1, 0.15) is 38.2 Å². The molecule has 0 bridgehead atoms. The van der Waals surface area contributed by atoms with Gasteiger partial charge in [-0.2, -0.15) is 0 Å². The number of hydrogen-bond acceptors (Lipinski definition) is 3. The van der Waals surface area contributed by atoms with E-state index in [4.69, 9.17) is 11.6 Å². The second-order valence-corrected chi connectivity index (χ2v) is 7.95. The second-order valence-electron chi connectivity index (χ2n) is 7.54. The summed E-state index contributed by atoms with van der Waals surface area (Å²) >= 11 is 5.96. The van der Waals surface area contributed by atoms with E-state index in [-0.39, 0.29) is 30.1 Å². The van der Waals surface area contributed by atoms with Crippen molar-refractivity contribution in [3.8, 4) is 0 Å². The van der Waals surface area contributed by atoms with E-state index < -0.39 is 23.5 Å². The van der Waals surface area contributed by atoms with Crippen molar-refractivity contribution in [1.29, 1.82) is 0 Å². The molecule has 8 heteroatoms. The van der Waals surface area contributed by atoms with Gasteiger partial charge in [0.25, 0.3) is 0 Å². The highest BCUT2D eigenvalue weighted by Crippen LogP contribution is 2.25. The molecule has 1 atom stereocenters. The fourth-order valence-electron chi connectivity index (χ4n) is 3.86. The summed E-state index contributed by atoms with van der Waals surface area (Å²) in [6.45, 7) is 3.04. The first-order chi connectivity index (χ1) is 13.4. The number of halogens is 2. The van der Waals surface area contributed by atoms with Crippen molar-refractivity contribution in [2.75, 3.05) is 19.6 Å². The van der Waals surface area contributed by atoms with Crippen LogP contribution in [-0.2, 0) is 20.9 Å². The number of piperazine rings is 1. The summed E-state index contributed by atoms with van der Waals surface area (Å²) in [5.41, 5.74) is 0.611. The molecule has 1 saturated carbocycles. The predicted molar refractivity (Wildman–Crippen MR) is 103 cm³/mol. The van der Waals surface area contributed by atoms with Gasteiger partial charge in [-0.3, -0.25) is 14.4 Å². The van der Waals surface area contributed by atoms with Crippen molar-refractivity contribution in [3.05, 3.63) is 34.6 Å². The summed E-state index contributed by atoms with van der Waals surface area (Å²) in [6, 6.07) is 4.18. The van der Waals surface area contributed by atoms with Crippen LogP contribution in [0.15, 0.2) is 18.2 Å². The number of amides is 3. The zero-order valence-corrected chi connectivity index (χ0v) is 16.7. The number of carbonyl (C=O) groups excluding carboxylic acids is 3. The van der Waals surface area contributed by atoms with Gasteiger partial charge in [0.2, 0.25) is 5.91 Å². The molecular formula is C20H25ClFN3O3. The zero-order valence-electron chi connectivity index (χ0n) is 15.9. The molecule has 1 heterocycles. The molecule has 0 unspecified atom stereocenters. The van der Waals surface area contributed by atoms with Crippen LogP contribution in [0.5, 0.6) is 0 Å². The van der Waals surface area contributed by atoms with Crippen molar-refractivity contribution >= 4 is 29.3 Å². The molecule has 3 rings (SSSR count). The van der Waals surface area contributed by atoms with E-state index in [9.17, 15) is 18.8 Å². The summed E-state index contributed by atoms with van der Waals surface area (Å²) in [7, 11) is 0. The highest BCUT2D eigenvalue weighted by molar-refractivity contribution is 6.35. The van der Waals surface area contributed by atoms with Gasteiger partial charge in [-0.1, -0.05) is 37.4 Å². The quantitative estimate of drug-likeness (QED) is 0.733. The van der Waals surface area contributed by atoms with Crippen LogP contribution in [-0.4, -0.2) is 53.2 Å². The van der Waals surface area contributed by atoms with Crippen LogP contribution in [0.2, 0.25) is 5.02 Å². The number of hydrogen-bond donors (Lipinski definition) is 1.